The fraction of sp³-hybridized carbons (Fsp3) is 0.750. The first-order valence-electron chi connectivity index (χ1n) is 2.42. The van der Waals surface area contributed by atoms with Gasteiger partial charge in [-0.2, -0.15) is 0 Å². The average Bonchev–Trinajstić information content (AvgIpc) is 1.57. The van der Waals surface area contributed by atoms with Gasteiger partial charge < -0.3 is 10.0 Å². The molecule has 0 aromatic carbocycles. The third-order valence-corrected chi connectivity index (χ3v) is 1.17. The Balaban J connectivity index is 2.25. The highest BCUT2D eigenvalue weighted by atomic mass is 16.3. The highest BCUT2D eigenvalue weighted by Crippen LogP contribution is 2.05. The second kappa shape index (κ2) is 1.78. The molecule has 0 spiro atoms. The number of β-amino-alcohol motifs (C(OH)–C–C–N with tert-alkyl or cyclic N) is 1. The standard InChI is InChI=1S/C4H6BNO2/c5-4(8)6-1-3(7)2-6/h3,7H,1-2H2. The predicted molar refractivity (Wildman–Crippen MR) is 28.7 cm³/mol. The van der Waals surface area contributed by atoms with Gasteiger partial charge in [-0.15, -0.1) is 0 Å². The van der Waals surface area contributed by atoms with E-state index in [1.807, 2.05) is 0 Å². The van der Waals surface area contributed by atoms with Crippen molar-refractivity contribution < 1.29 is 9.90 Å². The van der Waals surface area contributed by atoms with Gasteiger partial charge in [-0.25, -0.2) is 0 Å². The van der Waals surface area contributed by atoms with Gasteiger partial charge in [-0.1, -0.05) is 0 Å². The van der Waals surface area contributed by atoms with Crippen molar-refractivity contribution in [3.05, 3.63) is 0 Å². The molecular formula is C4H6BNO2. The summed E-state index contributed by atoms with van der Waals surface area (Å²) in [6.07, 6.45) is -0.345. The Morgan fingerprint density at radius 3 is 2.38 bits per heavy atom. The Morgan fingerprint density at radius 1 is 1.75 bits per heavy atom. The lowest BCUT2D eigenvalue weighted by Crippen LogP contribution is -2.53. The lowest BCUT2D eigenvalue weighted by molar-refractivity contribution is 0.0342. The molecule has 0 bridgehead atoms. The van der Waals surface area contributed by atoms with Gasteiger partial charge in [-0.05, 0) is 0 Å². The van der Waals surface area contributed by atoms with Crippen LogP contribution in [0.15, 0.2) is 0 Å². The normalized spacial score (nSPS) is 20.4. The van der Waals surface area contributed by atoms with Crippen molar-refractivity contribution in [3.8, 4) is 0 Å². The van der Waals surface area contributed by atoms with E-state index in [9.17, 15) is 4.79 Å². The molecule has 42 valence electrons. The van der Waals surface area contributed by atoms with E-state index >= 15 is 0 Å². The van der Waals surface area contributed by atoms with Gasteiger partial charge in [0, 0.05) is 13.1 Å². The maximum Gasteiger partial charge on any atom is 0.200 e. The molecular weight excluding hydrogens is 105 g/mol. The van der Waals surface area contributed by atoms with E-state index in [4.69, 9.17) is 13.0 Å². The van der Waals surface area contributed by atoms with Crippen molar-refractivity contribution in [1.29, 1.82) is 0 Å². The van der Waals surface area contributed by atoms with Crippen LogP contribution in [0.5, 0.6) is 0 Å². The Hall–Kier alpha value is -0.505. The van der Waals surface area contributed by atoms with Gasteiger partial charge >= 0.3 is 0 Å². The second-order valence-electron chi connectivity index (χ2n) is 1.90. The molecule has 0 atom stereocenters. The molecule has 0 aliphatic carbocycles. The Kier molecular flexibility index (Phi) is 1.25. The fourth-order valence-corrected chi connectivity index (χ4v) is 0.635. The number of amides is 1. The summed E-state index contributed by atoms with van der Waals surface area (Å²) >= 11 is 0. The van der Waals surface area contributed by atoms with Crippen molar-refractivity contribution in [2.75, 3.05) is 13.1 Å². The largest absolute Gasteiger partial charge is 0.389 e. The summed E-state index contributed by atoms with van der Waals surface area (Å²) in [6.45, 7) is 0.796. The molecule has 1 aliphatic heterocycles. The van der Waals surface area contributed by atoms with Crippen LogP contribution in [0.1, 0.15) is 0 Å². The van der Waals surface area contributed by atoms with Crippen molar-refractivity contribution in [2.24, 2.45) is 0 Å². The molecule has 1 aliphatic rings. The number of aliphatic hydroxyl groups excluding tert-OH is 1. The van der Waals surface area contributed by atoms with Crippen molar-refractivity contribution in [3.63, 3.8) is 0 Å². The first kappa shape index (κ1) is 5.63. The predicted octanol–water partition coefficient (Wildman–Crippen LogP) is -1.05. The number of carbonyl (C=O) groups excluding carboxylic acids is 1. The summed E-state index contributed by atoms with van der Waals surface area (Å²) in [4.78, 5) is 11.5. The van der Waals surface area contributed by atoms with Gasteiger partial charge in [-0.3, -0.25) is 4.79 Å². The SMILES string of the molecule is [B]C(=O)N1CC(O)C1. The quantitative estimate of drug-likeness (QED) is 0.405. The molecule has 2 radical (unpaired) electrons. The van der Waals surface area contributed by atoms with Crippen molar-refractivity contribution >= 4 is 13.7 Å². The maximum atomic E-state index is 10.2. The topological polar surface area (TPSA) is 40.5 Å². The lowest BCUT2D eigenvalue weighted by atomic mass is 10.0. The van der Waals surface area contributed by atoms with Gasteiger partial charge in [0.05, 0.1) is 6.10 Å². The number of carbonyl (C=O) groups is 1. The van der Waals surface area contributed by atoms with Gasteiger partial charge in [0.25, 0.3) is 0 Å². The van der Waals surface area contributed by atoms with Crippen molar-refractivity contribution in [1.82, 2.24) is 4.90 Å². The Labute approximate surface area is 48.7 Å². The van der Waals surface area contributed by atoms with Crippen LogP contribution in [0.4, 0.5) is 4.79 Å². The van der Waals surface area contributed by atoms with E-state index < -0.39 is 5.81 Å². The van der Waals surface area contributed by atoms with E-state index in [1.54, 1.807) is 0 Å². The fourth-order valence-electron chi connectivity index (χ4n) is 0.635. The molecule has 0 aromatic heterocycles. The third-order valence-electron chi connectivity index (χ3n) is 1.17. The summed E-state index contributed by atoms with van der Waals surface area (Å²) < 4.78 is 0. The summed E-state index contributed by atoms with van der Waals surface area (Å²) in [5.41, 5.74) is 0. The molecule has 0 saturated carbocycles. The van der Waals surface area contributed by atoms with Gasteiger partial charge in [0.15, 0.2) is 5.81 Å². The zero-order valence-electron chi connectivity index (χ0n) is 4.37. The van der Waals surface area contributed by atoms with Crippen LogP contribution in [0.2, 0.25) is 0 Å². The maximum absolute atomic E-state index is 10.2. The van der Waals surface area contributed by atoms with Crippen molar-refractivity contribution in [2.45, 2.75) is 6.10 Å². The molecule has 1 heterocycles. The van der Waals surface area contributed by atoms with Crippen LogP contribution >= 0.6 is 0 Å². The summed E-state index contributed by atoms with van der Waals surface area (Å²) in [6, 6.07) is 0. The first-order chi connectivity index (χ1) is 3.70. The number of hydrogen-bond acceptors (Lipinski definition) is 2. The molecule has 1 rings (SSSR count). The molecule has 3 nitrogen and oxygen atoms in total. The summed E-state index contributed by atoms with van der Waals surface area (Å²) in [5, 5.41) is 8.62. The summed E-state index contributed by atoms with van der Waals surface area (Å²) in [5.74, 6) is -0.449. The number of rotatable bonds is 0. The lowest BCUT2D eigenvalue weighted by Gasteiger charge is -2.35. The van der Waals surface area contributed by atoms with Crippen LogP contribution in [-0.2, 0) is 0 Å². The Morgan fingerprint density at radius 2 is 2.25 bits per heavy atom. The number of aliphatic hydroxyl groups is 1. The minimum Gasteiger partial charge on any atom is -0.389 e. The van der Waals surface area contributed by atoms with E-state index in [-0.39, 0.29) is 6.10 Å². The third kappa shape index (κ3) is 0.840. The van der Waals surface area contributed by atoms with Crippen LogP contribution in [-0.4, -0.2) is 42.9 Å². The average molecular weight is 111 g/mol. The van der Waals surface area contributed by atoms with E-state index in [0.29, 0.717) is 13.1 Å². The van der Waals surface area contributed by atoms with Crippen LogP contribution in [0.25, 0.3) is 0 Å². The van der Waals surface area contributed by atoms with Crippen LogP contribution in [0.3, 0.4) is 0 Å². The van der Waals surface area contributed by atoms with E-state index in [0.717, 1.165) is 0 Å². The summed E-state index contributed by atoms with van der Waals surface area (Å²) in [7, 11) is 4.84. The minimum atomic E-state index is -0.449. The molecule has 1 N–H and O–H groups in total. The first-order valence-corrected chi connectivity index (χ1v) is 2.42. The zero-order chi connectivity index (χ0) is 6.15. The molecule has 1 amide bonds. The second-order valence-corrected chi connectivity index (χ2v) is 1.90. The molecule has 4 heteroatoms. The van der Waals surface area contributed by atoms with Gasteiger partial charge in [0.2, 0.25) is 7.85 Å². The van der Waals surface area contributed by atoms with Crippen LogP contribution < -0.4 is 0 Å². The van der Waals surface area contributed by atoms with Gasteiger partial charge in [0.1, 0.15) is 0 Å². The molecule has 0 aromatic rings. The van der Waals surface area contributed by atoms with E-state index in [2.05, 4.69) is 0 Å². The number of hydrogen-bond donors (Lipinski definition) is 1. The number of nitrogens with zero attached hydrogens (tertiary/aromatic N) is 1. The van der Waals surface area contributed by atoms with Crippen LogP contribution in [0, 0.1) is 0 Å². The highest BCUT2D eigenvalue weighted by molar-refractivity contribution is 6.57. The molecule has 8 heavy (non-hydrogen) atoms. The highest BCUT2D eigenvalue weighted by Gasteiger charge is 2.25. The van der Waals surface area contributed by atoms with E-state index in [1.165, 1.54) is 4.90 Å². The smallest absolute Gasteiger partial charge is 0.200 e. The minimum absolute atomic E-state index is 0.345. The molecule has 1 saturated heterocycles. The molecule has 1 fully saturated rings. The molecule has 0 unspecified atom stereocenters. The number of likely N-dealkylation sites (tertiary alicyclic amines) is 1. The monoisotopic (exact) mass is 111 g/mol. The Bertz CT molecular complexity index is 111. The zero-order valence-corrected chi connectivity index (χ0v) is 4.37.